The molecule has 0 amide bonds. The summed E-state index contributed by atoms with van der Waals surface area (Å²) in [7, 11) is 3.63. The minimum atomic E-state index is 0.208. The maximum absolute atomic E-state index is 6.06. The molecule has 1 aliphatic heterocycles. The van der Waals surface area contributed by atoms with Crippen molar-refractivity contribution < 1.29 is 4.74 Å². The zero-order valence-electron chi connectivity index (χ0n) is 15.7. The number of hydrogen-bond acceptors (Lipinski definition) is 5. The van der Waals surface area contributed by atoms with Gasteiger partial charge >= 0.3 is 0 Å². The summed E-state index contributed by atoms with van der Waals surface area (Å²) in [5.41, 5.74) is 1.22. The lowest BCUT2D eigenvalue weighted by Crippen LogP contribution is -2.46. The average Bonchev–Trinajstić information content (AvgIpc) is 3.11. The Morgan fingerprint density at radius 3 is 2.63 bits per heavy atom. The minimum Gasteiger partial charge on any atom is -0.379 e. The van der Waals surface area contributed by atoms with E-state index in [2.05, 4.69) is 42.7 Å². The molecule has 146 valence electrons. The number of benzene rings is 1. The van der Waals surface area contributed by atoms with Gasteiger partial charge in [0.25, 0.3) is 0 Å². The number of guanidine groups is 1. The van der Waals surface area contributed by atoms with Crippen LogP contribution in [-0.4, -0.2) is 65.5 Å². The van der Waals surface area contributed by atoms with E-state index in [1.165, 1.54) is 5.56 Å². The Bertz CT molecular complexity index is 740. The van der Waals surface area contributed by atoms with Gasteiger partial charge in [-0.1, -0.05) is 23.7 Å². The third-order valence-electron chi connectivity index (χ3n) is 4.65. The van der Waals surface area contributed by atoms with Gasteiger partial charge in [-0.15, -0.1) is 0 Å². The van der Waals surface area contributed by atoms with Crippen molar-refractivity contribution in [1.29, 1.82) is 0 Å². The van der Waals surface area contributed by atoms with E-state index >= 15 is 0 Å². The fourth-order valence-electron chi connectivity index (χ4n) is 3.09. The summed E-state index contributed by atoms with van der Waals surface area (Å²) in [5.74, 6) is 1.57. The van der Waals surface area contributed by atoms with Crippen LogP contribution in [0.25, 0.3) is 0 Å². The summed E-state index contributed by atoms with van der Waals surface area (Å²) >= 11 is 6.06. The van der Waals surface area contributed by atoms with E-state index in [4.69, 9.17) is 16.3 Å². The fraction of sp³-hybridized carbons (Fsp3) is 0.500. The Morgan fingerprint density at radius 2 is 2.00 bits per heavy atom. The molecule has 1 aliphatic rings. The number of aryl methyl sites for hydroxylation is 1. The van der Waals surface area contributed by atoms with E-state index in [9.17, 15) is 0 Å². The van der Waals surface area contributed by atoms with Crippen LogP contribution in [0.4, 0.5) is 0 Å². The van der Waals surface area contributed by atoms with Crippen molar-refractivity contribution >= 4 is 17.6 Å². The number of rotatable bonds is 6. The number of aromatic nitrogens is 3. The van der Waals surface area contributed by atoms with Gasteiger partial charge in [-0.3, -0.25) is 14.6 Å². The third kappa shape index (κ3) is 5.41. The number of ether oxygens (including phenoxy) is 1. The predicted octanol–water partition coefficient (Wildman–Crippen LogP) is 1.21. The Hall–Kier alpha value is -2.16. The normalized spacial score (nSPS) is 16.9. The molecular weight excluding hydrogens is 366 g/mol. The highest BCUT2D eigenvalue weighted by Crippen LogP contribution is 2.23. The molecule has 2 aromatic rings. The Balaban J connectivity index is 1.63. The zero-order chi connectivity index (χ0) is 19.1. The lowest BCUT2D eigenvalue weighted by Gasteiger charge is -2.35. The molecule has 2 N–H and O–H groups in total. The van der Waals surface area contributed by atoms with Gasteiger partial charge in [-0.05, 0) is 17.7 Å². The summed E-state index contributed by atoms with van der Waals surface area (Å²) in [6.07, 6.45) is 1.54. The maximum Gasteiger partial charge on any atom is 0.191 e. The monoisotopic (exact) mass is 391 g/mol. The highest BCUT2D eigenvalue weighted by molar-refractivity contribution is 6.30. The highest BCUT2D eigenvalue weighted by Gasteiger charge is 2.23. The largest absolute Gasteiger partial charge is 0.379 e. The Morgan fingerprint density at radius 1 is 1.26 bits per heavy atom. The van der Waals surface area contributed by atoms with Crippen LogP contribution in [0.5, 0.6) is 0 Å². The van der Waals surface area contributed by atoms with Gasteiger partial charge in [0.05, 0.1) is 25.8 Å². The second-order valence-corrected chi connectivity index (χ2v) is 6.76. The lowest BCUT2D eigenvalue weighted by molar-refractivity contribution is 0.0170. The molecule has 1 aromatic carbocycles. The van der Waals surface area contributed by atoms with Crippen molar-refractivity contribution in [3.8, 4) is 0 Å². The van der Waals surface area contributed by atoms with Crippen LogP contribution >= 0.6 is 11.6 Å². The van der Waals surface area contributed by atoms with Crippen LogP contribution in [0.3, 0.4) is 0 Å². The summed E-state index contributed by atoms with van der Waals surface area (Å²) in [5, 5.41) is 11.5. The summed E-state index contributed by atoms with van der Waals surface area (Å²) < 4.78 is 7.25. The second-order valence-electron chi connectivity index (χ2n) is 6.32. The number of nitrogens with zero attached hydrogens (tertiary/aromatic N) is 5. The van der Waals surface area contributed by atoms with Crippen molar-refractivity contribution in [3.63, 3.8) is 0 Å². The van der Waals surface area contributed by atoms with Gasteiger partial charge in [0, 0.05) is 38.8 Å². The Labute approximate surface area is 164 Å². The van der Waals surface area contributed by atoms with Gasteiger partial charge in [0.1, 0.15) is 12.2 Å². The number of aliphatic imine (C=N–C) groups is 1. The SMILES string of the molecule is CN=C(NCc1ncnn1C)NCC(c1ccc(Cl)cc1)N1CCOCC1. The van der Waals surface area contributed by atoms with Gasteiger partial charge in [-0.25, -0.2) is 4.98 Å². The number of nitrogens with one attached hydrogen (secondary N) is 2. The molecule has 2 heterocycles. The molecule has 1 aromatic heterocycles. The van der Waals surface area contributed by atoms with E-state index in [1.54, 1.807) is 18.1 Å². The fourth-order valence-corrected chi connectivity index (χ4v) is 3.21. The van der Waals surface area contributed by atoms with Crippen LogP contribution in [0, 0.1) is 0 Å². The van der Waals surface area contributed by atoms with Crippen molar-refractivity contribution in [1.82, 2.24) is 30.3 Å². The van der Waals surface area contributed by atoms with E-state index < -0.39 is 0 Å². The smallest absolute Gasteiger partial charge is 0.191 e. The number of hydrogen-bond donors (Lipinski definition) is 2. The first kappa shape index (κ1) is 19.6. The van der Waals surface area contributed by atoms with Crippen molar-refractivity contribution in [3.05, 3.63) is 47.0 Å². The first-order valence-corrected chi connectivity index (χ1v) is 9.40. The third-order valence-corrected chi connectivity index (χ3v) is 4.90. The molecule has 1 atom stereocenters. The van der Waals surface area contributed by atoms with E-state index in [0.717, 1.165) is 49.7 Å². The van der Waals surface area contributed by atoms with Crippen molar-refractivity contribution in [2.75, 3.05) is 39.9 Å². The Kier molecular flexibility index (Phi) is 7.03. The molecule has 8 nitrogen and oxygen atoms in total. The zero-order valence-corrected chi connectivity index (χ0v) is 16.5. The molecular formula is C18H26ClN7O. The van der Waals surface area contributed by atoms with Crippen LogP contribution in [0.15, 0.2) is 35.6 Å². The molecule has 0 saturated carbocycles. The molecule has 0 aliphatic carbocycles. The molecule has 0 spiro atoms. The maximum atomic E-state index is 6.06. The van der Waals surface area contributed by atoms with Crippen LogP contribution < -0.4 is 10.6 Å². The van der Waals surface area contributed by atoms with E-state index in [-0.39, 0.29) is 6.04 Å². The molecule has 1 saturated heterocycles. The van der Waals surface area contributed by atoms with E-state index in [0.29, 0.717) is 6.54 Å². The van der Waals surface area contributed by atoms with Gasteiger partial charge in [0.2, 0.25) is 0 Å². The summed E-state index contributed by atoms with van der Waals surface area (Å²) in [6.45, 7) is 4.59. The quantitative estimate of drug-likeness (QED) is 0.569. The highest BCUT2D eigenvalue weighted by atomic mass is 35.5. The molecule has 9 heteroatoms. The second kappa shape index (κ2) is 9.68. The number of morpholine rings is 1. The topological polar surface area (TPSA) is 79.6 Å². The van der Waals surface area contributed by atoms with Gasteiger partial charge < -0.3 is 15.4 Å². The minimum absolute atomic E-state index is 0.208. The molecule has 0 bridgehead atoms. The van der Waals surface area contributed by atoms with Crippen molar-refractivity contribution in [2.24, 2.45) is 12.0 Å². The number of halogens is 1. The van der Waals surface area contributed by atoms with Gasteiger partial charge in [-0.2, -0.15) is 5.10 Å². The predicted molar refractivity (Wildman–Crippen MR) is 106 cm³/mol. The standard InChI is InChI=1S/C18H26ClN7O/c1-20-18(22-12-17-23-13-24-25(17)2)21-11-16(26-7-9-27-10-8-26)14-3-5-15(19)6-4-14/h3-6,13,16H,7-12H2,1-2H3,(H2,20,21,22). The summed E-state index contributed by atoms with van der Waals surface area (Å²) in [6, 6.07) is 8.25. The van der Waals surface area contributed by atoms with Crippen LogP contribution in [0.2, 0.25) is 5.02 Å². The molecule has 1 unspecified atom stereocenters. The average molecular weight is 392 g/mol. The molecule has 27 heavy (non-hydrogen) atoms. The van der Waals surface area contributed by atoms with E-state index in [1.807, 2.05) is 19.2 Å². The first-order chi connectivity index (χ1) is 13.2. The molecule has 3 rings (SSSR count). The van der Waals surface area contributed by atoms with Gasteiger partial charge in [0.15, 0.2) is 5.96 Å². The van der Waals surface area contributed by atoms with Crippen LogP contribution in [0.1, 0.15) is 17.4 Å². The summed E-state index contributed by atoms with van der Waals surface area (Å²) in [4.78, 5) is 11.0. The van der Waals surface area contributed by atoms with Crippen molar-refractivity contribution in [2.45, 2.75) is 12.6 Å². The first-order valence-electron chi connectivity index (χ1n) is 9.02. The molecule has 0 radical (unpaired) electrons. The van der Waals surface area contributed by atoms with Crippen LogP contribution in [-0.2, 0) is 18.3 Å². The lowest BCUT2D eigenvalue weighted by atomic mass is 10.0. The molecule has 1 fully saturated rings.